The van der Waals surface area contributed by atoms with Crippen molar-refractivity contribution in [2.45, 2.75) is 22.6 Å². The van der Waals surface area contributed by atoms with E-state index in [0.29, 0.717) is 23.5 Å². The molecule has 8 nitrogen and oxygen atoms in total. The van der Waals surface area contributed by atoms with Crippen LogP contribution in [0.4, 0.5) is 20.2 Å². The summed E-state index contributed by atoms with van der Waals surface area (Å²) in [4.78, 5) is 57.9. The Balaban J connectivity index is 1.12. The van der Waals surface area contributed by atoms with Crippen LogP contribution in [0, 0.1) is 41.2 Å². The molecule has 4 aromatic rings. The third kappa shape index (κ3) is 4.53. The predicted molar refractivity (Wildman–Crippen MR) is 164 cm³/mol. The van der Waals surface area contributed by atoms with Crippen LogP contribution in [0.1, 0.15) is 22.8 Å². The fraction of sp³-hybridized carbons (Fsp3) is 0.273. The quantitative estimate of drug-likeness (QED) is 0.272. The number of rotatable bonds is 6. The van der Waals surface area contributed by atoms with E-state index in [4.69, 9.17) is 4.74 Å². The molecule has 4 unspecified atom stereocenters. The number of ether oxygens (including phenoxy) is 1. The second-order valence-corrected chi connectivity index (χ2v) is 14.0. The average molecular weight is 646 g/mol. The normalized spacial score (nSPS) is 27.7. The molecule has 228 valence electrons. The summed E-state index contributed by atoms with van der Waals surface area (Å²) in [5, 5.41) is 3.43. The Hall–Kier alpha value is -4.29. The van der Waals surface area contributed by atoms with E-state index in [2.05, 4.69) is 10.3 Å². The van der Waals surface area contributed by atoms with Crippen molar-refractivity contribution in [2.75, 3.05) is 16.8 Å². The first-order valence-corrected chi connectivity index (χ1v) is 16.3. The number of halogens is 2. The first-order valence-electron chi connectivity index (χ1n) is 14.6. The molecule has 3 heterocycles. The van der Waals surface area contributed by atoms with Gasteiger partial charge in [0.2, 0.25) is 11.8 Å². The SMILES string of the molecule is O=C(COc1ccccc1[C@H]1c2sc(=O)[nH]c2SC2C1[C@H]1C[C@@H]2C2C(=O)N(c3ccc(F)cc3)C(=O)C21)Nc1ccc(F)cc1. The summed E-state index contributed by atoms with van der Waals surface area (Å²) >= 11 is 2.71. The highest BCUT2D eigenvalue weighted by atomic mass is 32.2. The van der Waals surface area contributed by atoms with Crippen molar-refractivity contribution in [3.05, 3.63) is 105 Å². The van der Waals surface area contributed by atoms with Crippen LogP contribution in [-0.2, 0) is 14.4 Å². The number of imide groups is 1. The summed E-state index contributed by atoms with van der Waals surface area (Å²) in [5.41, 5.74) is 1.61. The van der Waals surface area contributed by atoms with Gasteiger partial charge in [-0.2, -0.15) is 0 Å². The first kappa shape index (κ1) is 28.2. The van der Waals surface area contributed by atoms with Crippen molar-refractivity contribution in [1.82, 2.24) is 4.98 Å². The summed E-state index contributed by atoms with van der Waals surface area (Å²) in [6.45, 7) is -0.295. The molecule has 4 aliphatic rings. The Morgan fingerprint density at radius 2 is 1.58 bits per heavy atom. The molecule has 8 rings (SSSR count). The van der Waals surface area contributed by atoms with Gasteiger partial charge in [0.15, 0.2) is 6.61 Å². The number of carbonyl (C=O) groups excluding carboxylic acids is 3. The Bertz CT molecular complexity index is 1910. The monoisotopic (exact) mass is 645 g/mol. The number of thioether (sulfide) groups is 1. The first-order chi connectivity index (χ1) is 21.8. The van der Waals surface area contributed by atoms with Gasteiger partial charge < -0.3 is 15.0 Å². The van der Waals surface area contributed by atoms with Gasteiger partial charge in [0.25, 0.3) is 5.91 Å². The molecule has 0 radical (unpaired) electrons. The molecular weight excluding hydrogens is 621 g/mol. The van der Waals surface area contributed by atoms with E-state index >= 15 is 0 Å². The van der Waals surface area contributed by atoms with E-state index in [1.54, 1.807) is 17.8 Å². The van der Waals surface area contributed by atoms with Crippen LogP contribution >= 0.6 is 23.1 Å². The zero-order chi connectivity index (χ0) is 31.0. The number of carbonyl (C=O) groups is 3. The number of nitrogens with zero attached hydrogens (tertiary/aromatic N) is 1. The lowest BCUT2D eigenvalue weighted by Gasteiger charge is -2.43. The second kappa shape index (κ2) is 10.7. The van der Waals surface area contributed by atoms with Crippen LogP contribution in [0.3, 0.4) is 0 Å². The minimum Gasteiger partial charge on any atom is -0.483 e. The lowest BCUT2D eigenvalue weighted by atomic mass is 9.68. The second-order valence-electron chi connectivity index (χ2n) is 11.8. The lowest BCUT2D eigenvalue weighted by molar-refractivity contribution is -0.123. The number of benzene rings is 3. The minimum atomic E-state index is -0.510. The van der Waals surface area contributed by atoms with Crippen molar-refractivity contribution in [3.8, 4) is 5.75 Å². The molecule has 1 saturated heterocycles. The van der Waals surface area contributed by atoms with E-state index in [1.807, 2.05) is 18.2 Å². The number of fused-ring (bicyclic) bond motifs is 9. The van der Waals surface area contributed by atoms with Gasteiger partial charge in [-0.1, -0.05) is 29.5 Å². The number of para-hydroxylation sites is 1. The summed E-state index contributed by atoms with van der Waals surface area (Å²) in [5.74, 6) is -2.86. The Morgan fingerprint density at radius 3 is 2.31 bits per heavy atom. The number of thiazole rings is 1. The van der Waals surface area contributed by atoms with E-state index in [1.165, 1.54) is 53.4 Å². The number of nitrogens with one attached hydrogen (secondary N) is 2. The Kier molecular flexibility index (Phi) is 6.68. The summed E-state index contributed by atoms with van der Waals surface area (Å²) < 4.78 is 33.0. The summed E-state index contributed by atoms with van der Waals surface area (Å²) in [7, 11) is 0. The number of amides is 3. The van der Waals surface area contributed by atoms with Gasteiger partial charge in [-0.25, -0.2) is 8.78 Å². The van der Waals surface area contributed by atoms with Crippen LogP contribution in [0.15, 0.2) is 82.6 Å². The van der Waals surface area contributed by atoms with Gasteiger partial charge >= 0.3 is 4.87 Å². The fourth-order valence-corrected chi connectivity index (χ4v) is 10.8. The molecule has 2 aliphatic heterocycles. The molecule has 3 amide bonds. The maximum absolute atomic E-state index is 13.9. The molecule has 1 aromatic heterocycles. The molecule has 3 fully saturated rings. The third-order valence-electron chi connectivity index (χ3n) is 9.55. The van der Waals surface area contributed by atoms with Crippen LogP contribution in [0.25, 0.3) is 0 Å². The molecule has 2 N–H and O–H groups in total. The zero-order valence-corrected chi connectivity index (χ0v) is 25.1. The number of aromatic amines is 1. The van der Waals surface area contributed by atoms with Crippen molar-refractivity contribution in [2.24, 2.45) is 29.6 Å². The summed E-state index contributed by atoms with van der Waals surface area (Å²) in [6, 6.07) is 18.2. The van der Waals surface area contributed by atoms with Crippen molar-refractivity contribution >= 4 is 52.2 Å². The van der Waals surface area contributed by atoms with E-state index in [-0.39, 0.29) is 52.2 Å². The maximum atomic E-state index is 13.9. The van der Waals surface area contributed by atoms with Gasteiger partial charge in [-0.3, -0.25) is 24.1 Å². The maximum Gasteiger partial charge on any atom is 0.305 e. The van der Waals surface area contributed by atoms with Crippen LogP contribution in [0.2, 0.25) is 0 Å². The molecule has 2 saturated carbocycles. The van der Waals surface area contributed by atoms with Gasteiger partial charge in [0.05, 0.1) is 22.5 Å². The molecule has 7 atom stereocenters. The van der Waals surface area contributed by atoms with Gasteiger partial charge in [0, 0.05) is 27.3 Å². The van der Waals surface area contributed by atoms with Crippen molar-refractivity contribution in [3.63, 3.8) is 0 Å². The van der Waals surface area contributed by atoms with Crippen LogP contribution in [0.5, 0.6) is 5.75 Å². The number of H-pyrrole nitrogens is 1. The van der Waals surface area contributed by atoms with Gasteiger partial charge in [0.1, 0.15) is 17.4 Å². The number of aromatic nitrogens is 1. The number of hydrogen-bond acceptors (Lipinski definition) is 7. The Labute approximate surface area is 263 Å². The molecule has 3 aromatic carbocycles. The van der Waals surface area contributed by atoms with Gasteiger partial charge in [-0.15, -0.1) is 11.8 Å². The molecular formula is C33H25F2N3O5S2. The molecule has 2 aliphatic carbocycles. The highest BCUT2D eigenvalue weighted by Crippen LogP contribution is 2.69. The fourth-order valence-electron chi connectivity index (χ4n) is 7.95. The van der Waals surface area contributed by atoms with Crippen LogP contribution in [-0.4, -0.2) is 34.6 Å². The Morgan fingerprint density at radius 1 is 0.911 bits per heavy atom. The third-order valence-corrected chi connectivity index (χ3v) is 12.1. The van der Waals surface area contributed by atoms with E-state index in [0.717, 1.165) is 26.8 Å². The van der Waals surface area contributed by atoms with Crippen LogP contribution < -0.4 is 19.8 Å². The van der Waals surface area contributed by atoms with Gasteiger partial charge in [-0.05, 0) is 78.8 Å². The molecule has 12 heteroatoms. The zero-order valence-electron chi connectivity index (χ0n) is 23.4. The predicted octanol–water partition coefficient (Wildman–Crippen LogP) is 5.41. The topological polar surface area (TPSA) is 109 Å². The van der Waals surface area contributed by atoms with Crippen molar-refractivity contribution in [1.29, 1.82) is 0 Å². The number of hydrogen-bond donors (Lipinski definition) is 2. The standard InChI is InChI=1S/C33H25F2N3O5S2/c34-15-5-9-17(10-6-15)36-23(39)14-43-22-4-2-1-3-19(22)24-25-20-13-21(28(25)44-30-29(24)45-33(42)37-30)27-26(20)31(40)38(32(27)41)18-11-7-16(35)8-12-18/h1-12,20-21,24-28H,13-14H2,(H,36,39)(H,37,42)/t20-,21-,24-,25?,26?,27?,28?/m1/s1. The largest absolute Gasteiger partial charge is 0.483 e. The average Bonchev–Trinajstić information content (AvgIpc) is 3.77. The highest BCUT2D eigenvalue weighted by molar-refractivity contribution is 8.00. The minimum absolute atomic E-state index is 0.0289. The molecule has 45 heavy (non-hydrogen) atoms. The lowest BCUT2D eigenvalue weighted by Crippen LogP contribution is -2.42. The van der Waals surface area contributed by atoms with E-state index in [9.17, 15) is 28.0 Å². The van der Waals surface area contributed by atoms with E-state index < -0.39 is 29.4 Å². The number of anilines is 2. The summed E-state index contributed by atoms with van der Waals surface area (Å²) in [6.07, 6.45) is 0.713. The highest BCUT2D eigenvalue weighted by Gasteiger charge is 2.69. The van der Waals surface area contributed by atoms with Crippen molar-refractivity contribution < 1.29 is 27.9 Å². The molecule has 2 bridgehead atoms. The smallest absolute Gasteiger partial charge is 0.305 e. The molecule has 0 spiro atoms.